The Morgan fingerprint density at radius 1 is 1.19 bits per heavy atom. The number of nitrogens with one attached hydrogen (secondary N) is 2. The van der Waals surface area contributed by atoms with Crippen LogP contribution in [0.2, 0.25) is 0 Å². The lowest BCUT2D eigenvalue weighted by Crippen LogP contribution is -2.38. The number of rotatable bonds is 7. The SMILES string of the molecule is CCNC(=NCC(C)c1cccc(C)c1)NCCc1ccncc1C.I. The van der Waals surface area contributed by atoms with Crippen molar-refractivity contribution in [3.05, 3.63) is 65.0 Å². The highest BCUT2D eigenvalue weighted by atomic mass is 127. The monoisotopic (exact) mass is 466 g/mol. The molecule has 0 saturated heterocycles. The molecule has 26 heavy (non-hydrogen) atoms. The molecule has 0 radical (unpaired) electrons. The van der Waals surface area contributed by atoms with E-state index in [-0.39, 0.29) is 24.0 Å². The highest BCUT2D eigenvalue weighted by Crippen LogP contribution is 2.16. The van der Waals surface area contributed by atoms with Gasteiger partial charge in [0.2, 0.25) is 0 Å². The second-order valence-corrected chi connectivity index (χ2v) is 6.51. The van der Waals surface area contributed by atoms with Crippen molar-refractivity contribution in [2.75, 3.05) is 19.6 Å². The molecular formula is C21H31IN4. The van der Waals surface area contributed by atoms with E-state index in [1.54, 1.807) is 0 Å². The largest absolute Gasteiger partial charge is 0.357 e. The molecule has 1 aromatic carbocycles. The van der Waals surface area contributed by atoms with Crippen molar-refractivity contribution in [3.63, 3.8) is 0 Å². The van der Waals surface area contributed by atoms with Gasteiger partial charge >= 0.3 is 0 Å². The van der Waals surface area contributed by atoms with Gasteiger partial charge in [-0.15, -0.1) is 24.0 Å². The van der Waals surface area contributed by atoms with E-state index in [2.05, 4.69) is 73.6 Å². The summed E-state index contributed by atoms with van der Waals surface area (Å²) in [5.41, 5.74) is 5.20. The van der Waals surface area contributed by atoms with Crippen molar-refractivity contribution in [2.24, 2.45) is 4.99 Å². The molecule has 0 amide bonds. The number of pyridine rings is 1. The van der Waals surface area contributed by atoms with Gasteiger partial charge in [-0.1, -0.05) is 36.8 Å². The Morgan fingerprint density at radius 3 is 2.69 bits per heavy atom. The maximum Gasteiger partial charge on any atom is 0.191 e. The third-order valence-electron chi connectivity index (χ3n) is 4.30. The Kier molecular flexibility index (Phi) is 10.2. The molecule has 142 valence electrons. The number of halogens is 1. The number of guanidine groups is 1. The van der Waals surface area contributed by atoms with E-state index in [1.807, 2.05) is 12.4 Å². The van der Waals surface area contributed by atoms with E-state index in [9.17, 15) is 0 Å². The molecule has 0 aliphatic carbocycles. The van der Waals surface area contributed by atoms with Crippen molar-refractivity contribution < 1.29 is 0 Å². The standard InChI is InChI=1S/C21H30N4.HI/c1-5-23-21(24-12-10-19-9-11-22-14-17(19)3)25-15-18(4)20-8-6-7-16(2)13-20;/h6-9,11,13-14,18H,5,10,12,15H2,1-4H3,(H2,23,24,25);1H. The van der Waals surface area contributed by atoms with E-state index in [0.29, 0.717) is 5.92 Å². The molecule has 0 aliphatic heterocycles. The number of aryl methyl sites for hydroxylation is 2. The van der Waals surface area contributed by atoms with Gasteiger partial charge in [0.1, 0.15) is 0 Å². The lowest BCUT2D eigenvalue weighted by atomic mass is 10.00. The number of aromatic nitrogens is 1. The van der Waals surface area contributed by atoms with Crippen LogP contribution in [0, 0.1) is 13.8 Å². The molecule has 4 nitrogen and oxygen atoms in total. The maximum atomic E-state index is 4.76. The number of hydrogen-bond donors (Lipinski definition) is 2. The van der Waals surface area contributed by atoms with Crippen LogP contribution in [0.1, 0.15) is 42.0 Å². The van der Waals surface area contributed by atoms with Gasteiger partial charge in [0.05, 0.1) is 0 Å². The van der Waals surface area contributed by atoms with Crippen molar-refractivity contribution in [2.45, 2.75) is 40.0 Å². The Balaban J connectivity index is 0.00000338. The number of hydrogen-bond acceptors (Lipinski definition) is 2. The van der Waals surface area contributed by atoms with Crippen molar-refractivity contribution in [1.82, 2.24) is 15.6 Å². The van der Waals surface area contributed by atoms with Crippen LogP contribution in [0.5, 0.6) is 0 Å². The zero-order valence-electron chi connectivity index (χ0n) is 16.2. The van der Waals surface area contributed by atoms with Crippen molar-refractivity contribution >= 4 is 29.9 Å². The molecule has 1 aromatic heterocycles. The number of aliphatic imine (C=N–C) groups is 1. The quantitative estimate of drug-likeness (QED) is 0.365. The molecule has 0 spiro atoms. The lowest BCUT2D eigenvalue weighted by Gasteiger charge is -2.14. The topological polar surface area (TPSA) is 49.3 Å². The zero-order chi connectivity index (χ0) is 18.1. The van der Waals surface area contributed by atoms with Crippen LogP contribution in [0.4, 0.5) is 0 Å². The average Bonchev–Trinajstić information content (AvgIpc) is 2.61. The third kappa shape index (κ3) is 7.32. The summed E-state index contributed by atoms with van der Waals surface area (Å²) in [5.74, 6) is 1.28. The average molecular weight is 466 g/mol. The molecule has 5 heteroatoms. The Hall–Kier alpha value is -1.63. The molecule has 0 fully saturated rings. The minimum absolute atomic E-state index is 0. The predicted molar refractivity (Wildman–Crippen MR) is 122 cm³/mol. The predicted octanol–water partition coefficient (Wildman–Crippen LogP) is 4.22. The van der Waals surface area contributed by atoms with Gasteiger partial charge < -0.3 is 10.6 Å². The first-order valence-electron chi connectivity index (χ1n) is 9.08. The Morgan fingerprint density at radius 2 is 2.00 bits per heavy atom. The lowest BCUT2D eigenvalue weighted by molar-refractivity contribution is 0.744. The van der Waals surface area contributed by atoms with Gasteiger partial charge in [-0.2, -0.15) is 0 Å². The first kappa shape index (κ1) is 22.4. The van der Waals surface area contributed by atoms with Gasteiger partial charge in [0.25, 0.3) is 0 Å². The van der Waals surface area contributed by atoms with Gasteiger partial charge in [-0.3, -0.25) is 9.98 Å². The molecule has 0 aliphatic rings. The van der Waals surface area contributed by atoms with Crippen molar-refractivity contribution in [3.8, 4) is 0 Å². The molecule has 2 rings (SSSR count). The summed E-state index contributed by atoms with van der Waals surface area (Å²) < 4.78 is 0. The van der Waals surface area contributed by atoms with E-state index in [0.717, 1.165) is 32.0 Å². The molecule has 1 heterocycles. The summed E-state index contributed by atoms with van der Waals surface area (Å²) in [6.45, 7) is 11.0. The molecular weight excluding hydrogens is 435 g/mol. The number of nitrogens with zero attached hydrogens (tertiary/aromatic N) is 2. The zero-order valence-corrected chi connectivity index (χ0v) is 18.6. The highest BCUT2D eigenvalue weighted by molar-refractivity contribution is 14.0. The van der Waals surface area contributed by atoms with Crippen LogP contribution in [0.15, 0.2) is 47.7 Å². The first-order valence-corrected chi connectivity index (χ1v) is 9.08. The minimum atomic E-state index is 0. The smallest absolute Gasteiger partial charge is 0.191 e. The molecule has 2 N–H and O–H groups in total. The third-order valence-corrected chi connectivity index (χ3v) is 4.30. The van der Waals surface area contributed by atoms with E-state index in [1.165, 1.54) is 22.3 Å². The Bertz CT molecular complexity index is 700. The molecule has 0 bridgehead atoms. The van der Waals surface area contributed by atoms with Crippen molar-refractivity contribution in [1.29, 1.82) is 0 Å². The fourth-order valence-corrected chi connectivity index (χ4v) is 2.75. The summed E-state index contributed by atoms with van der Waals surface area (Å²) in [6.07, 6.45) is 4.73. The van der Waals surface area contributed by atoms with E-state index in [4.69, 9.17) is 4.99 Å². The normalized spacial score (nSPS) is 12.2. The van der Waals surface area contributed by atoms with Crippen LogP contribution < -0.4 is 10.6 Å². The first-order chi connectivity index (χ1) is 12.1. The van der Waals surface area contributed by atoms with Crippen LogP contribution in [0.3, 0.4) is 0 Å². The van der Waals surface area contributed by atoms with Crippen LogP contribution in [-0.4, -0.2) is 30.6 Å². The van der Waals surface area contributed by atoms with Crippen LogP contribution >= 0.6 is 24.0 Å². The highest BCUT2D eigenvalue weighted by Gasteiger charge is 2.06. The molecule has 1 atom stereocenters. The minimum Gasteiger partial charge on any atom is -0.357 e. The fourth-order valence-electron chi connectivity index (χ4n) is 2.75. The number of benzene rings is 1. The summed E-state index contributed by atoms with van der Waals surface area (Å²) in [7, 11) is 0. The summed E-state index contributed by atoms with van der Waals surface area (Å²) in [5, 5.41) is 6.76. The second kappa shape index (κ2) is 11.9. The van der Waals surface area contributed by atoms with Gasteiger partial charge in [0, 0.05) is 37.9 Å². The van der Waals surface area contributed by atoms with Crippen LogP contribution in [-0.2, 0) is 6.42 Å². The molecule has 2 aromatic rings. The summed E-state index contributed by atoms with van der Waals surface area (Å²) in [4.78, 5) is 8.90. The Labute approximate surface area is 174 Å². The molecule has 1 unspecified atom stereocenters. The second-order valence-electron chi connectivity index (χ2n) is 6.51. The van der Waals surface area contributed by atoms with E-state index < -0.39 is 0 Å². The summed E-state index contributed by atoms with van der Waals surface area (Å²) in [6, 6.07) is 10.8. The van der Waals surface area contributed by atoms with E-state index >= 15 is 0 Å². The van der Waals surface area contributed by atoms with Gasteiger partial charge in [-0.25, -0.2) is 0 Å². The van der Waals surface area contributed by atoms with Gasteiger partial charge in [-0.05, 0) is 49.9 Å². The van der Waals surface area contributed by atoms with Gasteiger partial charge in [0.15, 0.2) is 5.96 Å². The summed E-state index contributed by atoms with van der Waals surface area (Å²) >= 11 is 0. The fraction of sp³-hybridized carbons (Fsp3) is 0.429. The maximum absolute atomic E-state index is 4.76. The molecule has 0 saturated carbocycles. The van der Waals surface area contributed by atoms with Crippen LogP contribution in [0.25, 0.3) is 0 Å².